The highest BCUT2D eigenvalue weighted by atomic mass is 35.5. The summed E-state index contributed by atoms with van der Waals surface area (Å²) in [6, 6.07) is 7.95. The van der Waals surface area contributed by atoms with Crippen LogP contribution in [-0.2, 0) is 6.54 Å². The first-order valence-corrected chi connectivity index (χ1v) is 6.85. The van der Waals surface area contributed by atoms with Crippen LogP contribution in [0.5, 0.6) is 0 Å². The van der Waals surface area contributed by atoms with Gasteiger partial charge in [0.25, 0.3) is 0 Å². The predicted molar refractivity (Wildman–Crippen MR) is 84.2 cm³/mol. The maximum Gasteiger partial charge on any atom is 0.152 e. The second kappa shape index (κ2) is 7.08. The number of nitrogens with zero attached hydrogens (tertiary/aromatic N) is 3. The highest BCUT2D eigenvalue weighted by Gasteiger charge is 2.10. The molecule has 4 heteroatoms. The third-order valence-electron chi connectivity index (χ3n) is 2.99. The molecule has 0 aliphatic carbocycles. The molecular formula is C16H18ClN3. The van der Waals surface area contributed by atoms with Gasteiger partial charge in [0.2, 0.25) is 0 Å². The van der Waals surface area contributed by atoms with E-state index in [1.165, 1.54) is 0 Å². The van der Waals surface area contributed by atoms with Crippen LogP contribution in [0.25, 0.3) is 5.69 Å². The van der Waals surface area contributed by atoms with Crippen LogP contribution in [0.1, 0.15) is 5.69 Å². The Morgan fingerprint density at radius 1 is 1.20 bits per heavy atom. The van der Waals surface area contributed by atoms with Gasteiger partial charge < -0.3 is 4.57 Å². The van der Waals surface area contributed by atoms with Crippen molar-refractivity contribution in [1.82, 2.24) is 14.5 Å². The van der Waals surface area contributed by atoms with Crippen LogP contribution in [0.3, 0.4) is 0 Å². The van der Waals surface area contributed by atoms with Crippen LogP contribution in [-0.4, -0.2) is 27.5 Å². The highest BCUT2D eigenvalue weighted by Crippen LogP contribution is 2.20. The third kappa shape index (κ3) is 3.38. The molecule has 0 spiro atoms. The molecule has 2 aromatic rings. The lowest BCUT2D eigenvalue weighted by Gasteiger charge is -2.20. The van der Waals surface area contributed by atoms with E-state index in [1.807, 2.05) is 36.5 Å². The fourth-order valence-corrected chi connectivity index (χ4v) is 2.35. The molecule has 0 N–H and O–H groups in total. The van der Waals surface area contributed by atoms with E-state index in [0.717, 1.165) is 31.0 Å². The molecule has 0 aliphatic heterocycles. The van der Waals surface area contributed by atoms with Crippen molar-refractivity contribution >= 4 is 11.6 Å². The molecule has 0 unspecified atom stereocenters. The Labute approximate surface area is 124 Å². The molecule has 0 aliphatic rings. The van der Waals surface area contributed by atoms with Gasteiger partial charge in [0.1, 0.15) is 0 Å². The van der Waals surface area contributed by atoms with Gasteiger partial charge in [0.15, 0.2) is 5.15 Å². The zero-order valence-electron chi connectivity index (χ0n) is 11.4. The Morgan fingerprint density at radius 3 is 2.60 bits per heavy atom. The number of halogens is 1. The van der Waals surface area contributed by atoms with Crippen molar-refractivity contribution in [3.63, 3.8) is 0 Å². The van der Waals surface area contributed by atoms with Crippen molar-refractivity contribution in [2.24, 2.45) is 0 Å². The zero-order valence-corrected chi connectivity index (χ0v) is 12.1. The summed E-state index contributed by atoms with van der Waals surface area (Å²) in [5.74, 6) is 0. The fourth-order valence-electron chi connectivity index (χ4n) is 2.14. The standard InChI is InChI=1S/C16H18ClN3/c1-3-10-19(11-4-2)13-14-7-6-12-20(14)15-8-5-9-18-16(15)17/h3-9,12H,1-2,10-11,13H2. The average Bonchev–Trinajstić information content (AvgIpc) is 2.88. The first kappa shape index (κ1) is 14.6. The van der Waals surface area contributed by atoms with E-state index in [2.05, 4.69) is 33.7 Å². The van der Waals surface area contributed by atoms with Crippen molar-refractivity contribution in [3.05, 3.63) is 72.8 Å². The molecule has 0 atom stereocenters. The van der Waals surface area contributed by atoms with Gasteiger partial charge in [-0.05, 0) is 24.3 Å². The van der Waals surface area contributed by atoms with Crippen LogP contribution in [0.4, 0.5) is 0 Å². The number of aromatic nitrogens is 2. The number of rotatable bonds is 7. The number of hydrogen-bond acceptors (Lipinski definition) is 2. The summed E-state index contributed by atoms with van der Waals surface area (Å²) in [5.41, 5.74) is 2.05. The Balaban J connectivity index is 2.26. The first-order chi connectivity index (χ1) is 9.76. The minimum Gasteiger partial charge on any atom is -0.317 e. The van der Waals surface area contributed by atoms with E-state index in [9.17, 15) is 0 Å². The highest BCUT2D eigenvalue weighted by molar-refractivity contribution is 6.31. The smallest absolute Gasteiger partial charge is 0.152 e. The zero-order chi connectivity index (χ0) is 14.4. The molecule has 0 saturated carbocycles. The second-order valence-electron chi connectivity index (χ2n) is 4.45. The quantitative estimate of drug-likeness (QED) is 0.572. The molecule has 2 heterocycles. The fraction of sp³-hybridized carbons (Fsp3) is 0.188. The van der Waals surface area contributed by atoms with Crippen molar-refractivity contribution in [2.45, 2.75) is 6.54 Å². The normalized spacial score (nSPS) is 10.7. The van der Waals surface area contributed by atoms with Crippen LogP contribution < -0.4 is 0 Å². The van der Waals surface area contributed by atoms with Crippen LogP contribution in [0.2, 0.25) is 5.15 Å². The van der Waals surface area contributed by atoms with E-state index in [1.54, 1.807) is 6.20 Å². The molecule has 0 fully saturated rings. The molecule has 0 bridgehead atoms. The van der Waals surface area contributed by atoms with Crippen molar-refractivity contribution in [1.29, 1.82) is 0 Å². The lowest BCUT2D eigenvalue weighted by atomic mass is 10.3. The van der Waals surface area contributed by atoms with Crippen LogP contribution in [0, 0.1) is 0 Å². The van der Waals surface area contributed by atoms with E-state index in [-0.39, 0.29) is 0 Å². The van der Waals surface area contributed by atoms with Gasteiger partial charge in [0, 0.05) is 37.7 Å². The van der Waals surface area contributed by atoms with Gasteiger partial charge in [-0.25, -0.2) is 4.98 Å². The molecule has 0 radical (unpaired) electrons. The number of pyridine rings is 1. The van der Waals surface area contributed by atoms with E-state index >= 15 is 0 Å². The Hall–Kier alpha value is -1.84. The maximum absolute atomic E-state index is 6.17. The summed E-state index contributed by atoms with van der Waals surface area (Å²) in [5, 5.41) is 0.504. The maximum atomic E-state index is 6.17. The topological polar surface area (TPSA) is 21.1 Å². The van der Waals surface area contributed by atoms with Crippen LogP contribution in [0.15, 0.2) is 62.0 Å². The van der Waals surface area contributed by atoms with Crippen molar-refractivity contribution < 1.29 is 0 Å². The van der Waals surface area contributed by atoms with Gasteiger partial charge in [-0.15, -0.1) is 13.2 Å². The molecular weight excluding hydrogens is 270 g/mol. The summed E-state index contributed by atoms with van der Waals surface area (Å²) < 4.78 is 2.06. The SMILES string of the molecule is C=CCN(CC=C)Cc1cccn1-c1cccnc1Cl. The average molecular weight is 288 g/mol. The first-order valence-electron chi connectivity index (χ1n) is 6.47. The van der Waals surface area contributed by atoms with Crippen molar-refractivity contribution in [2.75, 3.05) is 13.1 Å². The van der Waals surface area contributed by atoms with Crippen molar-refractivity contribution in [3.8, 4) is 5.69 Å². The van der Waals surface area contributed by atoms with Gasteiger partial charge in [-0.3, -0.25) is 4.90 Å². The van der Waals surface area contributed by atoms with Gasteiger partial charge in [-0.2, -0.15) is 0 Å². The van der Waals surface area contributed by atoms with E-state index in [0.29, 0.717) is 5.15 Å². The Bertz CT molecular complexity index is 579. The second-order valence-corrected chi connectivity index (χ2v) is 4.81. The number of hydrogen-bond donors (Lipinski definition) is 0. The third-order valence-corrected chi connectivity index (χ3v) is 3.28. The molecule has 0 saturated heterocycles. The Morgan fingerprint density at radius 2 is 1.95 bits per heavy atom. The molecule has 20 heavy (non-hydrogen) atoms. The predicted octanol–water partition coefficient (Wildman–Crippen LogP) is 3.70. The summed E-state index contributed by atoms with van der Waals surface area (Å²) in [4.78, 5) is 6.37. The summed E-state index contributed by atoms with van der Waals surface area (Å²) >= 11 is 6.17. The lowest BCUT2D eigenvalue weighted by Crippen LogP contribution is -2.24. The minimum atomic E-state index is 0.504. The Kier molecular flexibility index (Phi) is 5.16. The summed E-state index contributed by atoms with van der Waals surface area (Å²) in [6.07, 6.45) is 7.48. The molecule has 3 nitrogen and oxygen atoms in total. The molecule has 0 amide bonds. The van der Waals surface area contributed by atoms with Gasteiger partial charge in [0.05, 0.1) is 5.69 Å². The monoisotopic (exact) mass is 287 g/mol. The van der Waals surface area contributed by atoms with Crippen LogP contribution >= 0.6 is 11.6 Å². The van der Waals surface area contributed by atoms with Gasteiger partial charge >= 0.3 is 0 Å². The summed E-state index contributed by atoms with van der Waals surface area (Å²) in [7, 11) is 0. The van der Waals surface area contributed by atoms with E-state index in [4.69, 9.17) is 11.6 Å². The van der Waals surface area contributed by atoms with Gasteiger partial charge in [-0.1, -0.05) is 23.8 Å². The summed E-state index contributed by atoms with van der Waals surface area (Å²) in [6.45, 7) is 10.0. The lowest BCUT2D eigenvalue weighted by molar-refractivity contribution is 0.322. The molecule has 104 valence electrons. The minimum absolute atomic E-state index is 0.504. The molecule has 0 aromatic carbocycles. The largest absolute Gasteiger partial charge is 0.317 e. The molecule has 2 aromatic heterocycles. The van der Waals surface area contributed by atoms with E-state index < -0.39 is 0 Å². The molecule has 2 rings (SSSR count).